The number of nitrogens with zero attached hydrogens (tertiary/aromatic N) is 3. The number of nitro groups is 1. The molecule has 0 N–H and O–H groups in total. The molecule has 0 bridgehead atoms. The fraction of sp³-hybridized carbons (Fsp3) is 1.00. The lowest BCUT2D eigenvalue weighted by Crippen LogP contribution is -2.39. The highest BCUT2D eigenvalue weighted by molar-refractivity contribution is 4.45. The van der Waals surface area contributed by atoms with Crippen molar-refractivity contribution in [2.75, 3.05) is 33.7 Å². The molecule has 0 unspecified atom stereocenters. The molecule has 66 valence electrons. The minimum absolute atomic E-state index is 0.00597. The SMILES string of the molecule is CCN(CC[N+](=O)[O-])N(C)C. The molecular weight excluding hydrogens is 146 g/mol. The van der Waals surface area contributed by atoms with Gasteiger partial charge in [0.15, 0.2) is 0 Å². The summed E-state index contributed by atoms with van der Waals surface area (Å²) in [5, 5.41) is 13.8. The Labute approximate surface area is 66.7 Å². The van der Waals surface area contributed by atoms with Crippen LogP contribution in [0.4, 0.5) is 0 Å². The van der Waals surface area contributed by atoms with Gasteiger partial charge in [-0.25, -0.2) is 10.0 Å². The van der Waals surface area contributed by atoms with Gasteiger partial charge in [0.1, 0.15) is 0 Å². The van der Waals surface area contributed by atoms with Crippen LogP contribution in [-0.2, 0) is 0 Å². The highest BCUT2D eigenvalue weighted by Gasteiger charge is 2.07. The van der Waals surface area contributed by atoms with Crippen molar-refractivity contribution < 1.29 is 4.92 Å². The molecule has 0 radical (unpaired) electrons. The second-order valence-corrected chi connectivity index (χ2v) is 2.45. The zero-order chi connectivity index (χ0) is 8.85. The Morgan fingerprint density at radius 2 is 2.00 bits per heavy atom. The third kappa shape index (κ3) is 4.69. The standard InChI is InChI=1S/C6H15N3O2/c1-4-8(7(2)3)5-6-9(10)11/h4-6H2,1-3H3. The first-order valence-corrected chi connectivity index (χ1v) is 3.62. The maximum absolute atomic E-state index is 10.0. The molecule has 0 aliphatic carbocycles. The fourth-order valence-corrected chi connectivity index (χ4v) is 0.838. The molecule has 0 amide bonds. The number of hydrazine groups is 1. The van der Waals surface area contributed by atoms with Gasteiger partial charge < -0.3 is 0 Å². The van der Waals surface area contributed by atoms with Crippen LogP contribution in [0, 0.1) is 10.1 Å². The Morgan fingerprint density at radius 1 is 1.45 bits per heavy atom. The monoisotopic (exact) mass is 161 g/mol. The average Bonchev–Trinajstić information content (AvgIpc) is 1.87. The first-order chi connectivity index (χ1) is 5.07. The van der Waals surface area contributed by atoms with Gasteiger partial charge in [0.25, 0.3) is 0 Å². The number of likely N-dealkylation sites (N-methyl/N-ethyl adjacent to an activating group) is 1. The second kappa shape index (κ2) is 5.03. The molecular formula is C6H15N3O2. The van der Waals surface area contributed by atoms with Gasteiger partial charge in [-0.1, -0.05) is 6.92 Å². The van der Waals surface area contributed by atoms with Gasteiger partial charge >= 0.3 is 0 Å². The van der Waals surface area contributed by atoms with Crippen molar-refractivity contribution in [3.63, 3.8) is 0 Å². The zero-order valence-electron chi connectivity index (χ0n) is 7.28. The Kier molecular flexibility index (Phi) is 4.72. The van der Waals surface area contributed by atoms with Crippen LogP contribution in [0.15, 0.2) is 0 Å². The summed E-state index contributed by atoms with van der Waals surface area (Å²) in [6.07, 6.45) is 0. The van der Waals surface area contributed by atoms with Crippen LogP contribution in [0.1, 0.15) is 6.92 Å². The van der Waals surface area contributed by atoms with E-state index in [1.807, 2.05) is 31.0 Å². The molecule has 0 aromatic rings. The van der Waals surface area contributed by atoms with E-state index in [2.05, 4.69) is 0 Å². The fourth-order valence-electron chi connectivity index (χ4n) is 0.838. The largest absolute Gasteiger partial charge is 0.264 e. The van der Waals surface area contributed by atoms with Crippen molar-refractivity contribution in [3.8, 4) is 0 Å². The Balaban J connectivity index is 3.61. The van der Waals surface area contributed by atoms with Crippen LogP contribution in [0.2, 0.25) is 0 Å². The lowest BCUT2D eigenvalue weighted by Gasteiger charge is -2.25. The second-order valence-electron chi connectivity index (χ2n) is 2.45. The van der Waals surface area contributed by atoms with E-state index in [1.54, 1.807) is 0 Å². The molecule has 0 saturated carbocycles. The topological polar surface area (TPSA) is 49.6 Å². The number of rotatable bonds is 5. The van der Waals surface area contributed by atoms with Crippen LogP contribution in [-0.4, -0.2) is 48.7 Å². The van der Waals surface area contributed by atoms with E-state index < -0.39 is 0 Å². The molecule has 11 heavy (non-hydrogen) atoms. The molecule has 0 aromatic heterocycles. The van der Waals surface area contributed by atoms with E-state index in [1.165, 1.54) is 0 Å². The zero-order valence-corrected chi connectivity index (χ0v) is 7.28. The first kappa shape index (κ1) is 10.3. The average molecular weight is 161 g/mol. The summed E-state index contributed by atoms with van der Waals surface area (Å²) in [6.45, 7) is 3.27. The van der Waals surface area contributed by atoms with Crippen LogP contribution in [0.25, 0.3) is 0 Å². The smallest absolute Gasteiger partial charge is 0.217 e. The molecule has 0 aliphatic rings. The molecule has 0 aromatic carbocycles. The lowest BCUT2D eigenvalue weighted by atomic mass is 10.5. The molecule has 0 atom stereocenters. The molecule has 0 fully saturated rings. The lowest BCUT2D eigenvalue weighted by molar-refractivity contribution is -0.481. The third-order valence-corrected chi connectivity index (χ3v) is 1.47. The van der Waals surface area contributed by atoms with Gasteiger partial charge in [-0.2, -0.15) is 0 Å². The van der Waals surface area contributed by atoms with E-state index in [9.17, 15) is 10.1 Å². The summed E-state index contributed by atoms with van der Waals surface area (Å²) in [6, 6.07) is 0. The number of hydrogen-bond donors (Lipinski definition) is 0. The predicted molar refractivity (Wildman–Crippen MR) is 42.8 cm³/mol. The summed E-state index contributed by atoms with van der Waals surface area (Å²) < 4.78 is 0. The molecule has 0 spiro atoms. The van der Waals surface area contributed by atoms with Crippen LogP contribution in [0.3, 0.4) is 0 Å². The van der Waals surface area contributed by atoms with Crippen molar-refractivity contribution in [2.45, 2.75) is 6.92 Å². The Bertz CT molecular complexity index is 127. The Morgan fingerprint density at radius 3 is 2.27 bits per heavy atom. The normalized spacial score (nSPS) is 11.0. The quantitative estimate of drug-likeness (QED) is 0.422. The van der Waals surface area contributed by atoms with Crippen molar-refractivity contribution in [1.82, 2.24) is 10.0 Å². The van der Waals surface area contributed by atoms with Gasteiger partial charge in [0, 0.05) is 25.6 Å². The van der Waals surface area contributed by atoms with Gasteiger partial charge in [0.05, 0.1) is 6.54 Å². The van der Waals surface area contributed by atoms with Crippen molar-refractivity contribution >= 4 is 0 Å². The maximum atomic E-state index is 10.0. The first-order valence-electron chi connectivity index (χ1n) is 3.62. The highest BCUT2D eigenvalue weighted by atomic mass is 16.6. The highest BCUT2D eigenvalue weighted by Crippen LogP contribution is 1.89. The Hall–Kier alpha value is -0.680. The van der Waals surface area contributed by atoms with Crippen LogP contribution in [0.5, 0.6) is 0 Å². The van der Waals surface area contributed by atoms with Gasteiger partial charge in [-0.05, 0) is 0 Å². The maximum Gasteiger partial charge on any atom is 0.217 e. The minimum Gasteiger partial charge on any atom is -0.264 e. The van der Waals surface area contributed by atoms with E-state index in [-0.39, 0.29) is 11.5 Å². The van der Waals surface area contributed by atoms with Crippen molar-refractivity contribution in [3.05, 3.63) is 10.1 Å². The third-order valence-electron chi connectivity index (χ3n) is 1.47. The van der Waals surface area contributed by atoms with Gasteiger partial charge in [0.2, 0.25) is 6.54 Å². The molecule has 5 nitrogen and oxygen atoms in total. The number of hydrogen-bond acceptors (Lipinski definition) is 4. The van der Waals surface area contributed by atoms with E-state index in [4.69, 9.17) is 0 Å². The molecule has 5 heteroatoms. The minimum atomic E-state index is -0.299. The van der Waals surface area contributed by atoms with E-state index >= 15 is 0 Å². The predicted octanol–water partition coefficient (Wildman–Crippen LogP) is 0.0616. The van der Waals surface area contributed by atoms with Crippen molar-refractivity contribution in [2.24, 2.45) is 0 Å². The molecule has 0 aliphatic heterocycles. The van der Waals surface area contributed by atoms with E-state index in [0.717, 1.165) is 6.54 Å². The summed E-state index contributed by atoms with van der Waals surface area (Å²) in [4.78, 5) is 9.70. The summed E-state index contributed by atoms with van der Waals surface area (Å²) in [5.74, 6) is 0. The van der Waals surface area contributed by atoms with Gasteiger partial charge in [-0.15, -0.1) is 0 Å². The molecule has 0 saturated heterocycles. The van der Waals surface area contributed by atoms with Crippen LogP contribution >= 0.6 is 0 Å². The van der Waals surface area contributed by atoms with Crippen LogP contribution < -0.4 is 0 Å². The summed E-state index contributed by atoms with van der Waals surface area (Å²) >= 11 is 0. The molecule has 0 heterocycles. The van der Waals surface area contributed by atoms with Crippen molar-refractivity contribution in [1.29, 1.82) is 0 Å². The summed E-state index contributed by atoms with van der Waals surface area (Å²) in [5.41, 5.74) is 0. The van der Waals surface area contributed by atoms with E-state index in [0.29, 0.717) is 6.54 Å². The molecule has 0 rings (SSSR count). The summed E-state index contributed by atoms with van der Waals surface area (Å²) in [7, 11) is 3.76. The van der Waals surface area contributed by atoms with Gasteiger partial charge in [-0.3, -0.25) is 10.1 Å².